The van der Waals surface area contributed by atoms with Crippen molar-refractivity contribution >= 4 is 22.5 Å². The Labute approximate surface area is 111 Å². The molecule has 1 unspecified atom stereocenters. The molecular weight excluding hydrogens is 248 g/mol. The lowest BCUT2D eigenvalue weighted by molar-refractivity contribution is 0.861. The molecule has 0 fully saturated rings. The number of nitrogens with zero attached hydrogens (tertiary/aromatic N) is 2. The summed E-state index contributed by atoms with van der Waals surface area (Å²) < 4.78 is 0. The maximum absolute atomic E-state index is 4.45. The van der Waals surface area contributed by atoms with Gasteiger partial charge in [0.05, 0.1) is 10.9 Å². The van der Waals surface area contributed by atoms with Crippen LogP contribution in [0.5, 0.6) is 0 Å². The number of hydrogen-bond acceptors (Lipinski definition) is 4. The molecule has 0 aliphatic rings. The molecule has 0 aliphatic heterocycles. The third-order valence-corrected chi connectivity index (χ3v) is 3.94. The standard InChI is InChI=1S/C13H14N2S2/c1-10-5-6-12(15-9-10)13(17-16)8-11-4-2-3-7-14-11/h2-7,9,13,16H,8H2,1H3. The van der Waals surface area contributed by atoms with E-state index in [2.05, 4.69) is 33.8 Å². The van der Waals surface area contributed by atoms with Gasteiger partial charge in [-0.2, -0.15) is 0 Å². The molecule has 2 aromatic heterocycles. The van der Waals surface area contributed by atoms with Crippen LogP contribution in [0.25, 0.3) is 0 Å². The van der Waals surface area contributed by atoms with Gasteiger partial charge in [-0.15, -0.1) is 11.7 Å². The number of aryl methyl sites for hydroxylation is 1. The van der Waals surface area contributed by atoms with Gasteiger partial charge in [0.2, 0.25) is 0 Å². The van der Waals surface area contributed by atoms with Gasteiger partial charge in [-0.1, -0.05) is 22.9 Å². The Balaban J connectivity index is 2.14. The van der Waals surface area contributed by atoms with E-state index in [1.54, 1.807) is 0 Å². The third kappa shape index (κ3) is 3.48. The van der Waals surface area contributed by atoms with Gasteiger partial charge in [0.1, 0.15) is 0 Å². The van der Waals surface area contributed by atoms with Crippen LogP contribution in [-0.2, 0) is 6.42 Å². The van der Waals surface area contributed by atoms with Crippen molar-refractivity contribution in [1.29, 1.82) is 0 Å². The molecule has 4 heteroatoms. The molecule has 2 aromatic rings. The largest absolute Gasteiger partial charge is 0.261 e. The highest BCUT2D eigenvalue weighted by Crippen LogP contribution is 2.32. The molecular formula is C13H14N2S2. The van der Waals surface area contributed by atoms with Crippen LogP contribution in [0.2, 0.25) is 0 Å². The van der Waals surface area contributed by atoms with Crippen LogP contribution in [0, 0.1) is 6.92 Å². The number of thiol groups is 1. The van der Waals surface area contributed by atoms with Crippen LogP contribution in [0.3, 0.4) is 0 Å². The first-order valence-electron chi connectivity index (χ1n) is 5.42. The Morgan fingerprint density at radius 1 is 1.24 bits per heavy atom. The SMILES string of the molecule is Cc1ccc(C(Cc2ccccn2)SS)nc1. The Kier molecular flexibility index (Phi) is 4.45. The fourth-order valence-corrected chi connectivity index (χ4v) is 2.61. The lowest BCUT2D eigenvalue weighted by Gasteiger charge is -2.12. The second-order valence-electron chi connectivity index (χ2n) is 3.88. The van der Waals surface area contributed by atoms with E-state index in [1.165, 1.54) is 16.4 Å². The lowest BCUT2D eigenvalue weighted by atomic mass is 10.1. The van der Waals surface area contributed by atoms with Gasteiger partial charge in [-0.05, 0) is 30.7 Å². The topological polar surface area (TPSA) is 25.8 Å². The summed E-state index contributed by atoms with van der Waals surface area (Å²) in [5.41, 5.74) is 3.30. The highest BCUT2D eigenvalue weighted by Gasteiger charge is 2.13. The molecule has 2 rings (SSSR count). The number of hydrogen-bond donors (Lipinski definition) is 1. The average molecular weight is 262 g/mol. The van der Waals surface area contributed by atoms with Crippen molar-refractivity contribution in [1.82, 2.24) is 9.97 Å². The van der Waals surface area contributed by atoms with Crippen LogP contribution >= 0.6 is 22.5 Å². The summed E-state index contributed by atoms with van der Waals surface area (Å²) >= 11 is 4.33. The van der Waals surface area contributed by atoms with Crippen LogP contribution in [-0.4, -0.2) is 9.97 Å². The van der Waals surface area contributed by atoms with Crippen molar-refractivity contribution in [3.63, 3.8) is 0 Å². The van der Waals surface area contributed by atoms with Crippen LogP contribution < -0.4 is 0 Å². The zero-order chi connectivity index (χ0) is 12.1. The quantitative estimate of drug-likeness (QED) is 0.673. The van der Waals surface area contributed by atoms with E-state index in [9.17, 15) is 0 Å². The summed E-state index contributed by atoms with van der Waals surface area (Å²) in [6, 6.07) is 10.1. The second-order valence-corrected chi connectivity index (χ2v) is 5.29. The Bertz CT molecular complexity index is 457. The molecule has 17 heavy (non-hydrogen) atoms. The van der Waals surface area contributed by atoms with Crippen LogP contribution in [0.4, 0.5) is 0 Å². The minimum absolute atomic E-state index is 0.244. The summed E-state index contributed by atoms with van der Waals surface area (Å²) in [5.74, 6) is 0. The maximum Gasteiger partial charge on any atom is 0.0626 e. The van der Waals surface area contributed by atoms with E-state index in [0.717, 1.165) is 17.8 Å². The van der Waals surface area contributed by atoms with E-state index in [-0.39, 0.29) is 5.25 Å². The molecule has 0 radical (unpaired) electrons. The summed E-state index contributed by atoms with van der Waals surface area (Å²) in [6.07, 6.45) is 4.56. The Hall–Kier alpha value is -1.00. The van der Waals surface area contributed by atoms with E-state index >= 15 is 0 Å². The second kappa shape index (κ2) is 6.07. The van der Waals surface area contributed by atoms with Gasteiger partial charge in [0, 0.05) is 24.5 Å². The van der Waals surface area contributed by atoms with Crippen molar-refractivity contribution in [3.8, 4) is 0 Å². The fraction of sp³-hybridized carbons (Fsp3) is 0.231. The predicted molar refractivity (Wildman–Crippen MR) is 76.2 cm³/mol. The molecule has 0 amide bonds. The maximum atomic E-state index is 4.45. The van der Waals surface area contributed by atoms with Gasteiger partial charge >= 0.3 is 0 Å². The number of pyridine rings is 2. The summed E-state index contributed by atoms with van der Waals surface area (Å²) in [4.78, 5) is 8.78. The Morgan fingerprint density at radius 2 is 2.12 bits per heavy atom. The Morgan fingerprint density at radius 3 is 2.71 bits per heavy atom. The van der Waals surface area contributed by atoms with Crippen molar-refractivity contribution in [2.24, 2.45) is 0 Å². The van der Waals surface area contributed by atoms with Gasteiger partial charge < -0.3 is 0 Å². The zero-order valence-electron chi connectivity index (χ0n) is 9.58. The summed E-state index contributed by atoms with van der Waals surface area (Å²) in [6.45, 7) is 2.04. The molecule has 0 N–H and O–H groups in total. The third-order valence-electron chi connectivity index (χ3n) is 2.51. The smallest absolute Gasteiger partial charge is 0.0626 e. The molecule has 0 aliphatic carbocycles. The van der Waals surface area contributed by atoms with Crippen LogP contribution in [0.1, 0.15) is 22.2 Å². The first-order valence-corrected chi connectivity index (χ1v) is 7.35. The highest BCUT2D eigenvalue weighted by atomic mass is 33.1. The number of rotatable bonds is 4. The molecule has 0 aromatic carbocycles. The van der Waals surface area contributed by atoms with Crippen molar-refractivity contribution in [2.75, 3.05) is 0 Å². The summed E-state index contributed by atoms with van der Waals surface area (Å²) in [7, 11) is 1.52. The fourth-order valence-electron chi connectivity index (χ4n) is 1.57. The van der Waals surface area contributed by atoms with Crippen molar-refractivity contribution in [2.45, 2.75) is 18.6 Å². The highest BCUT2D eigenvalue weighted by molar-refractivity contribution is 8.68. The van der Waals surface area contributed by atoms with Crippen molar-refractivity contribution in [3.05, 3.63) is 59.7 Å². The van der Waals surface area contributed by atoms with Gasteiger partial charge in [-0.25, -0.2) is 0 Å². The van der Waals surface area contributed by atoms with E-state index in [1.807, 2.05) is 37.5 Å². The summed E-state index contributed by atoms with van der Waals surface area (Å²) in [5, 5.41) is 0.244. The van der Waals surface area contributed by atoms with E-state index in [0.29, 0.717) is 0 Å². The lowest BCUT2D eigenvalue weighted by Crippen LogP contribution is -2.01. The molecule has 0 saturated carbocycles. The molecule has 0 bridgehead atoms. The monoisotopic (exact) mass is 262 g/mol. The minimum atomic E-state index is 0.244. The molecule has 0 spiro atoms. The first kappa shape index (κ1) is 12.5. The van der Waals surface area contributed by atoms with Crippen LogP contribution in [0.15, 0.2) is 42.7 Å². The average Bonchev–Trinajstić information content (AvgIpc) is 2.38. The minimum Gasteiger partial charge on any atom is -0.261 e. The number of aromatic nitrogens is 2. The molecule has 1 atom stereocenters. The van der Waals surface area contributed by atoms with Gasteiger partial charge in [0.25, 0.3) is 0 Å². The predicted octanol–water partition coefficient (Wildman–Crippen LogP) is 3.65. The molecule has 2 heterocycles. The first-order chi connectivity index (χ1) is 8.29. The van der Waals surface area contributed by atoms with E-state index in [4.69, 9.17) is 0 Å². The van der Waals surface area contributed by atoms with Crippen molar-refractivity contribution < 1.29 is 0 Å². The zero-order valence-corrected chi connectivity index (χ0v) is 11.3. The van der Waals surface area contributed by atoms with Gasteiger partial charge in [-0.3, -0.25) is 9.97 Å². The molecule has 0 saturated heterocycles. The molecule has 88 valence electrons. The molecule has 2 nitrogen and oxygen atoms in total. The van der Waals surface area contributed by atoms with Gasteiger partial charge in [0.15, 0.2) is 0 Å². The normalized spacial score (nSPS) is 12.4. The van der Waals surface area contributed by atoms with E-state index < -0.39 is 0 Å².